The Morgan fingerprint density at radius 2 is 1.30 bits per heavy atom. The monoisotopic (exact) mass is 1060 g/mol. The van der Waals surface area contributed by atoms with Gasteiger partial charge in [0.15, 0.2) is 24.4 Å². The molecule has 5 rings (SSSR count). The first-order valence-corrected chi connectivity index (χ1v) is 28.0. The summed E-state index contributed by atoms with van der Waals surface area (Å²) in [6.45, 7) is 40.8. The number of hydrogen-bond acceptors (Lipinski definition) is 14. The first-order valence-electron chi connectivity index (χ1n) is 28.0. The lowest BCUT2D eigenvalue weighted by atomic mass is 9.83. The first-order chi connectivity index (χ1) is 36.7. The van der Waals surface area contributed by atoms with Crippen molar-refractivity contribution in [1.29, 1.82) is 0 Å². The van der Waals surface area contributed by atoms with Crippen molar-refractivity contribution in [3.8, 4) is 11.5 Å². The average molecular weight is 1060 g/mol. The molecule has 0 N–H and O–H groups in total. The molecule has 426 valence electrons. The van der Waals surface area contributed by atoms with Gasteiger partial charge in [0.25, 0.3) is 0 Å². The molecular weight excluding hydrogens is 969 g/mol. The number of rotatable bonds is 39. The van der Waals surface area contributed by atoms with Crippen molar-refractivity contribution >= 4 is 5.97 Å². The van der Waals surface area contributed by atoms with Gasteiger partial charge in [-0.25, -0.2) is 4.79 Å². The lowest BCUT2D eigenvalue weighted by Gasteiger charge is -2.45. The van der Waals surface area contributed by atoms with Crippen LogP contribution in [0.2, 0.25) is 0 Å². The van der Waals surface area contributed by atoms with Gasteiger partial charge in [0.2, 0.25) is 5.76 Å². The quantitative estimate of drug-likeness (QED) is 0.0457. The van der Waals surface area contributed by atoms with Gasteiger partial charge in [-0.15, -0.1) is 19.7 Å². The summed E-state index contributed by atoms with van der Waals surface area (Å²) in [7, 11) is 0. The lowest BCUT2D eigenvalue weighted by molar-refractivity contribution is -0.321. The van der Waals surface area contributed by atoms with Crippen LogP contribution < -0.4 is 9.47 Å². The van der Waals surface area contributed by atoms with E-state index < -0.39 is 55.2 Å². The SMILES string of the molecule is C=CCOC1=C(OCC=C)[C@@H]([C@@H]2COC(CCO[C@@H]3O[C@H](COCc4c5c(c(C)c(C)c4OCC=C)OC(C)(CCCC(C)CCCC(C)CCCC(C)C)CC5)[C@@H](OCC=C)[C@H](OCC=C)[C@H]3OCC=C)O2)OC1=O. The molecule has 1 aromatic rings. The van der Waals surface area contributed by atoms with E-state index in [0.29, 0.717) is 18.9 Å². The van der Waals surface area contributed by atoms with Gasteiger partial charge in [0.05, 0.1) is 46.2 Å². The van der Waals surface area contributed by atoms with Crippen molar-refractivity contribution in [2.75, 3.05) is 59.5 Å². The molecule has 2 fully saturated rings. The van der Waals surface area contributed by atoms with E-state index in [0.717, 1.165) is 71.3 Å². The summed E-state index contributed by atoms with van der Waals surface area (Å²) >= 11 is 0. The summed E-state index contributed by atoms with van der Waals surface area (Å²) in [5.74, 6) is 3.54. The summed E-state index contributed by atoms with van der Waals surface area (Å²) in [4.78, 5) is 12.8. The fourth-order valence-electron chi connectivity index (χ4n) is 10.5. The van der Waals surface area contributed by atoms with Crippen LogP contribution in [0, 0.1) is 31.6 Å². The molecule has 4 aliphatic heterocycles. The number of ether oxygens (including phenoxy) is 13. The van der Waals surface area contributed by atoms with E-state index >= 15 is 0 Å². The van der Waals surface area contributed by atoms with Gasteiger partial charge in [-0.1, -0.05) is 129 Å². The third kappa shape index (κ3) is 18.2. The number of fused-ring (bicyclic) bond motifs is 1. The zero-order valence-corrected chi connectivity index (χ0v) is 47.3. The molecule has 0 amide bonds. The molecular formula is C62H94O14. The second-order valence-corrected chi connectivity index (χ2v) is 21.5. The maximum atomic E-state index is 12.8. The Morgan fingerprint density at radius 1 is 0.697 bits per heavy atom. The predicted molar refractivity (Wildman–Crippen MR) is 296 cm³/mol. The summed E-state index contributed by atoms with van der Waals surface area (Å²) < 4.78 is 82.2. The van der Waals surface area contributed by atoms with Gasteiger partial charge < -0.3 is 61.6 Å². The molecule has 0 bridgehead atoms. The molecule has 0 saturated carbocycles. The molecule has 76 heavy (non-hydrogen) atoms. The van der Waals surface area contributed by atoms with Crippen LogP contribution in [-0.4, -0.2) is 120 Å². The molecule has 4 aliphatic rings. The summed E-state index contributed by atoms with van der Waals surface area (Å²) in [6, 6.07) is 0. The number of cyclic esters (lactones) is 1. The maximum Gasteiger partial charge on any atom is 0.378 e. The van der Waals surface area contributed by atoms with E-state index in [2.05, 4.69) is 87.9 Å². The smallest absolute Gasteiger partial charge is 0.378 e. The van der Waals surface area contributed by atoms with Crippen LogP contribution in [0.4, 0.5) is 0 Å². The van der Waals surface area contributed by atoms with Gasteiger partial charge in [-0.2, -0.15) is 0 Å². The molecule has 11 atom stereocenters. The van der Waals surface area contributed by atoms with Crippen molar-refractivity contribution in [3.63, 3.8) is 0 Å². The predicted octanol–water partition coefficient (Wildman–Crippen LogP) is 12.0. The summed E-state index contributed by atoms with van der Waals surface area (Å²) in [6.07, 6.45) is 17.2. The third-order valence-corrected chi connectivity index (χ3v) is 14.7. The fourth-order valence-corrected chi connectivity index (χ4v) is 10.5. The highest BCUT2D eigenvalue weighted by Gasteiger charge is 2.50. The van der Waals surface area contributed by atoms with Crippen LogP contribution in [0.1, 0.15) is 128 Å². The number of benzene rings is 1. The molecule has 2 saturated heterocycles. The van der Waals surface area contributed by atoms with Crippen LogP contribution in [0.15, 0.2) is 87.4 Å². The van der Waals surface area contributed by atoms with Crippen molar-refractivity contribution in [2.45, 2.75) is 187 Å². The largest absolute Gasteiger partial charge is 0.489 e. The van der Waals surface area contributed by atoms with E-state index in [-0.39, 0.29) is 76.6 Å². The molecule has 0 radical (unpaired) electrons. The van der Waals surface area contributed by atoms with Crippen molar-refractivity contribution in [2.24, 2.45) is 17.8 Å². The van der Waals surface area contributed by atoms with Crippen LogP contribution in [0.5, 0.6) is 11.5 Å². The highest BCUT2D eigenvalue weighted by molar-refractivity contribution is 5.89. The molecule has 14 heteroatoms. The van der Waals surface area contributed by atoms with Crippen molar-refractivity contribution < 1.29 is 66.4 Å². The van der Waals surface area contributed by atoms with Gasteiger partial charge in [-0.05, 0) is 75.3 Å². The van der Waals surface area contributed by atoms with Crippen molar-refractivity contribution in [3.05, 3.63) is 110 Å². The minimum Gasteiger partial charge on any atom is -0.489 e. The van der Waals surface area contributed by atoms with Crippen LogP contribution in [-0.2, 0) is 69.9 Å². The zero-order valence-electron chi connectivity index (χ0n) is 47.3. The minimum atomic E-state index is -0.936. The number of hydrogen-bond donors (Lipinski definition) is 0. The van der Waals surface area contributed by atoms with Gasteiger partial charge in [0, 0.05) is 17.5 Å². The Hall–Kier alpha value is -4.25. The molecule has 4 heterocycles. The van der Waals surface area contributed by atoms with E-state index in [1.807, 2.05) is 0 Å². The Balaban J connectivity index is 1.27. The summed E-state index contributed by atoms with van der Waals surface area (Å²) in [5, 5.41) is 0. The van der Waals surface area contributed by atoms with E-state index in [9.17, 15) is 4.79 Å². The maximum absolute atomic E-state index is 12.8. The average Bonchev–Trinajstić information content (AvgIpc) is 4.00. The summed E-state index contributed by atoms with van der Waals surface area (Å²) in [5.41, 5.74) is 3.86. The Morgan fingerprint density at radius 3 is 1.96 bits per heavy atom. The normalized spacial score (nSPS) is 26.0. The lowest BCUT2D eigenvalue weighted by Crippen LogP contribution is -2.62. The second kappa shape index (κ2) is 32.6. The molecule has 1 aromatic carbocycles. The van der Waals surface area contributed by atoms with Gasteiger partial charge in [-0.3, -0.25) is 0 Å². The molecule has 0 aliphatic carbocycles. The second-order valence-electron chi connectivity index (χ2n) is 21.5. The van der Waals surface area contributed by atoms with Gasteiger partial charge in [0.1, 0.15) is 67.4 Å². The van der Waals surface area contributed by atoms with Crippen LogP contribution >= 0.6 is 0 Å². The van der Waals surface area contributed by atoms with Crippen LogP contribution in [0.3, 0.4) is 0 Å². The molecule has 0 spiro atoms. The highest BCUT2D eigenvalue weighted by atomic mass is 16.7. The molecule has 4 unspecified atom stereocenters. The first kappa shape index (κ1) is 62.6. The van der Waals surface area contributed by atoms with E-state index in [1.54, 1.807) is 30.4 Å². The highest BCUT2D eigenvalue weighted by Crippen LogP contribution is 2.46. The topological polar surface area (TPSA) is 137 Å². The molecule has 0 aromatic heterocycles. The number of carbonyl (C=O) groups is 1. The van der Waals surface area contributed by atoms with E-state index in [1.165, 1.54) is 51.0 Å². The molecule has 14 nitrogen and oxygen atoms in total. The number of carbonyl (C=O) groups excluding carboxylic acids is 1. The van der Waals surface area contributed by atoms with Crippen LogP contribution in [0.25, 0.3) is 0 Å². The van der Waals surface area contributed by atoms with Crippen molar-refractivity contribution in [1.82, 2.24) is 0 Å². The standard InChI is InChI=1S/C62H94O14/c1-14-32-65-52-45(11)46(12)53-47(28-31-62(13,76-53)30-22-27-44(10)26-21-25-43(9)24-20-23-42(7)8)48(52)39-64-40-49-54(66-33-15-2)56(67-34-16-3)59(70-37-19-6)61(74-49)71-38-29-51-72-41-50(73-51)55-57(68-35-17-4)58(60(63)75-55)69-36-18-5/h14-19,42-44,49-51,54-56,59,61H,1-6,20-41H2,7-13H3/t43?,44?,49-,50+,51?,54-,55-,56+,59-,61-,62?/m1/s1. The fraction of sp³-hybridized carbons (Fsp3) is 0.661. The minimum absolute atomic E-state index is 0.0275. The van der Waals surface area contributed by atoms with E-state index in [4.69, 9.17) is 61.6 Å². The Kier molecular flexibility index (Phi) is 26.9. The third-order valence-electron chi connectivity index (χ3n) is 14.7. The Bertz CT molecular complexity index is 2050. The zero-order chi connectivity index (χ0) is 55.0. The van der Waals surface area contributed by atoms with Gasteiger partial charge >= 0.3 is 5.97 Å². The Labute approximate surface area is 456 Å². The number of esters is 1.